The number of halogens is 1. The summed E-state index contributed by atoms with van der Waals surface area (Å²) in [4.78, 5) is 9.80. The van der Waals surface area contributed by atoms with Gasteiger partial charge in [0.1, 0.15) is 5.76 Å². The Bertz CT molecular complexity index is 569. The Labute approximate surface area is 180 Å². The molecule has 0 saturated carbocycles. The molecule has 27 heavy (non-hydrogen) atoms. The molecule has 0 radical (unpaired) electrons. The lowest BCUT2D eigenvalue weighted by Gasteiger charge is -2.25. The molecule has 0 amide bonds. The summed E-state index contributed by atoms with van der Waals surface area (Å²) in [5.41, 5.74) is 0. The van der Waals surface area contributed by atoms with E-state index in [1.54, 1.807) is 6.26 Å². The van der Waals surface area contributed by atoms with Crippen molar-refractivity contribution in [2.24, 2.45) is 4.99 Å². The first kappa shape index (κ1) is 22.2. The maximum Gasteiger partial charge on any atom is 0.193 e. The van der Waals surface area contributed by atoms with Gasteiger partial charge in [-0.25, -0.2) is 0 Å². The Morgan fingerprint density at radius 3 is 2.96 bits per heavy atom. The third-order valence-electron chi connectivity index (χ3n) is 4.97. The topological polar surface area (TPSA) is 53.2 Å². The average Bonchev–Trinajstić information content (AvgIpc) is 3.41. The van der Waals surface area contributed by atoms with Gasteiger partial charge < -0.3 is 19.4 Å². The van der Waals surface area contributed by atoms with Crippen molar-refractivity contribution in [3.8, 4) is 0 Å². The molecule has 1 N–H and O–H groups in total. The monoisotopic (exact) mass is 488 g/mol. The summed E-state index contributed by atoms with van der Waals surface area (Å²) >= 11 is 0. The zero-order valence-corrected chi connectivity index (χ0v) is 18.6. The smallest absolute Gasteiger partial charge is 0.193 e. The highest BCUT2D eigenvalue weighted by molar-refractivity contribution is 14.0. The molecule has 6 nitrogen and oxygen atoms in total. The van der Waals surface area contributed by atoms with Gasteiger partial charge in [-0.3, -0.25) is 9.89 Å². The zero-order chi connectivity index (χ0) is 18.0. The summed E-state index contributed by atoms with van der Waals surface area (Å²) in [5.74, 6) is 2.04. The normalized spacial score (nSPS) is 20.3. The fourth-order valence-corrected chi connectivity index (χ4v) is 3.54. The summed E-state index contributed by atoms with van der Waals surface area (Å²) in [5, 5.41) is 3.54. The van der Waals surface area contributed by atoms with Gasteiger partial charge in [0, 0.05) is 64.9 Å². The molecule has 2 aliphatic rings. The Morgan fingerprint density at radius 2 is 2.22 bits per heavy atom. The van der Waals surface area contributed by atoms with E-state index in [-0.39, 0.29) is 24.0 Å². The van der Waals surface area contributed by atoms with E-state index in [1.165, 1.54) is 6.42 Å². The second kappa shape index (κ2) is 12.4. The van der Waals surface area contributed by atoms with E-state index in [0.29, 0.717) is 6.04 Å². The minimum absolute atomic E-state index is 0. The number of furan rings is 1. The number of hydrogen-bond donors (Lipinski definition) is 1. The highest BCUT2D eigenvalue weighted by Gasteiger charge is 2.29. The summed E-state index contributed by atoms with van der Waals surface area (Å²) < 4.78 is 10.9. The minimum Gasteiger partial charge on any atom is -0.469 e. The third kappa shape index (κ3) is 7.12. The molecule has 1 aromatic heterocycles. The van der Waals surface area contributed by atoms with Crippen molar-refractivity contribution in [3.63, 3.8) is 0 Å². The number of ether oxygens (including phenoxy) is 1. The van der Waals surface area contributed by atoms with E-state index in [0.717, 1.165) is 77.0 Å². The maximum absolute atomic E-state index is 5.43. The molecular weight excluding hydrogens is 455 g/mol. The first-order valence-electron chi connectivity index (χ1n) is 9.89. The molecule has 0 spiro atoms. The van der Waals surface area contributed by atoms with Crippen molar-refractivity contribution in [1.82, 2.24) is 15.1 Å². The second-order valence-electron chi connectivity index (χ2n) is 6.83. The van der Waals surface area contributed by atoms with Crippen LogP contribution in [-0.4, -0.2) is 74.3 Å². The predicted octanol–water partition coefficient (Wildman–Crippen LogP) is 2.76. The van der Waals surface area contributed by atoms with Crippen LogP contribution in [0.25, 0.3) is 0 Å². The predicted molar refractivity (Wildman–Crippen MR) is 120 cm³/mol. The fourth-order valence-electron chi connectivity index (χ4n) is 3.54. The van der Waals surface area contributed by atoms with Crippen LogP contribution >= 0.6 is 24.0 Å². The van der Waals surface area contributed by atoms with E-state index >= 15 is 0 Å². The van der Waals surface area contributed by atoms with Crippen LogP contribution in [0.4, 0.5) is 0 Å². The molecular formula is C20H33IN4O2. The van der Waals surface area contributed by atoms with Crippen LogP contribution in [0.3, 0.4) is 0 Å². The highest BCUT2D eigenvalue weighted by Crippen LogP contribution is 2.18. The molecule has 1 fully saturated rings. The maximum atomic E-state index is 5.43. The van der Waals surface area contributed by atoms with Gasteiger partial charge in [-0.1, -0.05) is 12.2 Å². The first-order valence-corrected chi connectivity index (χ1v) is 9.89. The Balaban J connectivity index is 0.00000261. The molecule has 1 atom stereocenters. The van der Waals surface area contributed by atoms with Gasteiger partial charge in [-0.15, -0.1) is 24.0 Å². The van der Waals surface area contributed by atoms with Gasteiger partial charge >= 0.3 is 0 Å². The van der Waals surface area contributed by atoms with Gasteiger partial charge in [0.05, 0.1) is 6.26 Å². The Kier molecular flexibility index (Phi) is 10.2. The lowest BCUT2D eigenvalue weighted by molar-refractivity contribution is 0.146. The van der Waals surface area contributed by atoms with Crippen molar-refractivity contribution in [2.45, 2.75) is 32.2 Å². The molecule has 0 bridgehead atoms. The van der Waals surface area contributed by atoms with Gasteiger partial charge in [0.15, 0.2) is 5.96 Å². The molecule has 0 aliphatic carbocycles. The molecule has 1 saturated heterocycles. The van der Waals surface area contributed by atoms with Crippen molar-refractivity contribution >= 4 is 29.9 Å². The SMILES string of the molecule is CCOCCCN=C(NCCc1ccco1)N1CCC(N2CC=CC2)C1.I. The highest BCUT2D eigenvalue weighted by atomic mass is 127. The van der Waals surface area contributed by atoms with Crippen LogP contribution in [0.15, 0.2) is 40.0 Å². The van der Waals surface area contributed by atoms with E-state index < -0.39 is 0 Å². The number of aliphatic imine (C=N–C) groups is 1. The van der Waals surface area contributed by atoms with Crippen molar-refractivity contribution in [1.29, 1.82) is 0 Å². The van der Waals surface area contributed by atoms with Gasteiger partial charge in [-0.05, 0) is 31.9 Å². The van der Waals surface area contributed by atoms with Crippen LogP contribution in [-0.2, 0) is 11.2 Å². The summed E-state index contributed by atoms with van der Waals surface area (Å²) in [6.45, 7) is 9.52. The lowest BCUT2D eigenvalue weighted by Crippen LogP contribution is -2.43. The molecule has 0 aromatic carbocycles. The quantitative estimate of drug-likeness (QED) is 0.191. The third-order valence-corrected chi connectivity index (χ3v) is 4.97. The van der Waals surface area contributed by atoms with E-state index in [1.807, 2.05) is 19.1 Å². The molecule has 152 valence electrons. The van der Waals surface area contributed by atoms with Crippen LogP contribution in [0.5, 0.6) is 0 Å². The fraction of sp³-hybridized carbons (Fsp3) is 0.650. The van der Waals surface area contributed by atoms with Crippen molar-refractivity contribution in [2.75, 3.05) is 52.5 Å². The molecule has 2 aliphatic heterocycles. The van der Waals surface area contributed by atoms with E-state index in [2.05, 4.69) is 27.3 Å². The van der Waals surface area contributed by atoms with Crippen LogP contribution < -0.4 is 5.32 Å². The number of guanidine groups is 1. The van der Waals surface area contributed by atoms with Crippen LogP contribution in [0.2, 0.25) is 0 Å². The minimum atomic E-state index is 0. The van der Waals surface area contributed by atoms with Crippen LogP contribution in [0.1, 0.15) is 25.5 Å². The molecule has 7 heteroatoms. The summed E-state index contributed by atoms with van der Waals surface area (Å²) in [6.07, 6.45) is 9.32. The van der Waals surface area contributed by atoms with Gasteiger partial charge in [0.2, 0.25) is 0 Å². The van der Waals surface area contributed by atoms with Gasteiger partial charge in [0.25, 0.3) is 0 Å². The first-order chi connectivity index (χ1) is 12.9. The standard InChI is InChI=1S/C20H32N4O2.HI/c1-2-25-15-6-10-21-20(22-11-8-19-7-5-16-26-19)24-14-9-18(17-24)23-12-3-4-13-23;/h3-5,7,16,18H,2,6,8-15,17H2,1H3,(H,21,22);1H. The van der Waals surface area contributed by atoms with Gasteiger partial charge in [-0.2, -0.15) is 0 Å². The average molecular weight is 488 g/mol. The second-order valence-corrected chi connectivity index (χ2v) is 6.83. The van der Waals surface area contributed by atoms with E-state index in [4.69, 9.17) is 14.1 Å². The number of nitrogens with one attached hydrogen (secondary N) is 1. The zero-order valence-electron chi connectivity index (χ0n) is 16.3. The van der Waals surface area contributed by atoms with Crippen molar-refractivity contribution < 1.29 is 9.15 Å². The number of likely N-dealkylation sites (tertiary alicyclic amines) is 1. The molecule has 1 aromatic rings. The number of rotatable bonds is 9. The Hall–Kier alpha value is -1.06. The Morgan fingerprint density at radius 1 is 1.37 bits per heavy atom. The van der Waals surface area contributed by atoms with Crippen molar-refractivity contribution in [3.05, 3.63) is 36.3 Å². The lowest BCUT2D eigenvalue weighted by atomic mass is 10.2. The summed E-state index contributed by atoms with van der Waals surface area (Å²) in [7, 11) is 0. The molecule has 3 heterocycles. The van der Waals surface area contributed by atoms with Crippen LogP contribution in [0, 0.1) is 0 Å². The molecule has 3 rings (SSSR count). The summed E-state index contributed by atoms with van der Waals surface area (Å²) in [6, 6.07) is 4.59. The number of nitrogens with zero attached hydrogens (tertiary/aromatic N) is 3. The number of hydrogen-bond acceptors (Lipinski definition) is 4. The molecule has 1 unspecified atom stereocenters. The van der Waals surface area contributed by atoms with E-state index in [9.17, 15) is 0 Å². The largest absolute Gasteiger partial charge is 0.469 e.